The maximum absolute atomic E-state index is 6.08. The van der Waals surface area contributed by atoms with E-state index in [-0.39, 0.29) is 35.5 Å². The minimum Gasteiger partial charge on any atom is -0.377 e. The van der Waals surface area contributed by atoms with Crippen molar-refractivity contribution in [3.05, 3.63) is 12.2 Å². The van der Waals surface area contributed by atoms with Crippen LogP contribution < -0.4 is 10.6 Å². The Morgan fingerprint density at radius 3 is 2.78 bits per heavy atom. The molecule has 1 fully saturated rings. The molecule has 0 radical (unpaired) electrons. The summed E-state index contributed by atoms with van der Waals surface area (Å²) in [6, 6.07) is 0. The normalized spacial score (nSPS) is 20.9. The van der Waals surface area contributed by atoms with E-state index in [1.165, 1.54) is 6.42 Å². The summed E-state index contributed by atoms with van der Waals surface area (Å²) in [6.07, 6.45) is 5.27. The first kappa shape index (κ1) is 24.1. The molecule has 1 aromatic heterocycles. The number of nitrogens with one attached hydrogen (secondary N) is 2. The average molecular weight is 492 g/mol. The van der Waals surface area contributed by atoms with E-state index in [0.717, 1.165) is 57.4 Å². The van der Waals surface area contributed by atoms with Crippen LogP contribution in [0.3, 0.4) is 0 Å². The highest BCUT2D eigenvalue weighted by Crippen LogP contribution is 2.34. The third-order valence-corrected chi connectivity index (χ3v) is 4.78. The highest BCUT2D eigenvalue weighted by Gasteiger charge is 2.35. The molecule has 156 valence electrons. The Morgan fingerprint density at radius 1 is 1.33 bits per heavy atom. The van der Waals surface area contributed by atoms with Gasteiger partial charge in [-0.2, -0.15) is 0 Å². The number of rotatable bonds is 7. The van der Waals surface area contributed by atoms with Gasteiger partial charge in [-0.1, -0.05) is 27.7 Å². The molecule has 2 atom stereocenters. The first-order chi connectivity index (χ1) is 12.5. The minimum absolute atomic E-state index is 0. The Morgan fingerprint density at radius 2 is 2.11 bits per heavy atom. The molecule has 2 unspecified atom stereocenters. The van der Waals surface area contributed by atoms with Crippen LogP contribution in [0.4, 0.5) is 0 Å². The molecule has 1 saturated heterocycles. The fraction of sp³-hybridized carbons (Fsp3) is 0.842. The van der Waals surface area contributed by atoms with Crippen LogP contribution in [0.15, 0.2) is 11.3 Å². The monoisotopic (exact) mass is 492 g/mol. The van der Waals surface area contributed by atoms with Crippen LogP contribution in [-0.4, -0.2) is 53.1 Å². The van der Waals surface area contributed by atoms with Gasteiger partial charge in [-0.3, -0.25) is 4.99 Å². The Bertz CT molecular complexity index is 569. The molecule has 27 heavy (non-hydrogen) atoms. The van der Waals surface area contributed by atoms with Crippen LogP contribution in [0.1, 0.15) is 53.3 Å². The molecule has 0 spiro atoms. The topological polar surface area (TPSA) is 76.4 Å². The summed E-state index contributed by atoms with van der Waals surface area (Å²) in [4.78, 5) is 4.84. The predicted octanol–water partition coefficient (Wildman–Crippen LogP) is 2.85. The molecular formula is C19H37IN6O. The van der Waals surface area contributed by atoms with Gasteiger partial charge in [-0.15, -0.1) is 34.2 Å². The van der Waals surface area contributed by atoms with Gasteiger partial charge >= 0.3 is 0 Å². The van der Waals surface area contributed by atoms with E-state index in [1.54, 1.807) is 6.33 Å². The molecule has 2 rings (SSSR count). The van der Waals surface area contributed by atoms with Crippen molar-refractivity contribution in [3.8, 4) is 0 Å². The molecule has 1 aromatic rings. The van der Waals surface area contributed by atoms with Crippen molar-refractivity contribution in [2.75, 3.05) is 26.2 Å². The first-order valence-corrected chi connectivity index (χ1v) is 9.96. The van der Waals surface area contributed by atoms with Crippen molar-refractivity contribution >= 4 is 29.9 Å². The largest absolute Gasteiger partial charge is 0.377 e. The van der Waals surface area contributed by atoms with Crippen molar-refractivity contribution < 1.29 is 4.74 Å². The Balaban J connectivity index is 0.00000364. The zero-order chi connectivity index (χ0) is 19.0. The van der Waals surface area contributed by atoms with Gasteiger partial charge in [0, 0.05) is 45.1 Å². The molecule has 7 nitrogen and oxygen atoms in total. The van der Waals surface area contributed by atoms with Gasteiger partial charge in [0.15, 0.2) is 5.96 Å². The maximum Gasteiger partial charge on any atom is 0.191 e. The van der Waals surface area contributed by atoms with Crippen LogP contribution in [0.2, 0.25) is 0 Å². The summed E-state index contributed by atoms with van der Waals surface area (Å²) < 4.78 is 8.16. The first-order valence-electron chi connectivity index (χ1n) is 9.96. The number of ether oxygens (including phenoxy) is 1. The summed E-state index contributed by atoms with van der Waals surface area (Å²) >= 11 is 0. The second-order valence-corrected chi connectivity index (χ2v) is 8.00. The average Bonchev–Trinajstić information content (AvgIpc) is 3.06. The number of aliphatic imine (C=N–C) groups is 1. The molecule has 0 aromatic carbocycles. The summed E-state index contributed by atoms with van der Waals surface area (Å²) in [7, 11) is 0. The molecule has 0 aliphatic carbocycles. The summed E-state index contributed by atoms with van der Waals surface area (Å²) in [5.74, 6) is 2.36. The molecule has 1 aliphatic rings. The van der Waals surface area contributed by atoms with E-state index >= 15 is 0 Å². The number of hydrogen-bond donors (Lipinski definition) is 2. The van der Waals surface area contributed by atoms with Crippen LogP contribution >= 0.6 is 24.0 Å². The third-order valence-electron chi connectivity index (χ3n) is 4.78. The van der Waals surface area contributed by atoms with E-state index in [0.29, 0.717) is 5.92 Å². The van der Waals surface area contributed by atoms with Crippen LogP contribution in [-0.2, 0) is 17.7 Å². The van der Waals surface area contributed by atoms with Crippen LogP contribution in [0.5, 0.6) is 0 Å². The van der Waals surface area contributed by atoms with Crippen molar-refractivity contribution in [2.45, 2.75) is 66.5 Å². The van der Waals surface area contributed by atoms with Crippen molar-refractivity contribution in [2.24, 2.45) is 16.3 Å². The summed E-state index contributed by atoms with van der Waals surface area (Å²) in [5, 5.41) is 14.9. The van der Waals surface area contributed by atoms with Gasteiger partial charge < -0.3 is 19.9 Å². The van der Waals surface area contributed by atoms with Crippen LogP contribution in [0, 0.1) is 11.3 Å². The lowest BCUT2D eigenvalue weighted by molar-refractivity contribution is -0.0823. The molecule has 0 amide bonds. The molecule has 1 aliphatic heterocycles. The molecule has 8 heteroatoms. The number of aryl methyl sites for hydroxylation is 1. The van der Waals surface area contributed by atoms with E-state index in [4.69, 9.17) is 9.73 Å². The van der Waals surface area contributed by atoms with E-state index in [9.17, 15) is 0 Å². The zero-order valence-electron chi connectivity index (χ0n) is 17.5. The lowest BCUT2D eigenvalue weighted by Gasteiger charge is -2.39. The third kappa shape index (κ3) is 7.56. The fourth-order valence-electron chi connectivity index (χ4n) is 3.57. The van der Waals surface area contributed by atoms with Gasteiger partial charge in [0.1, 0.15) is 12.2 Å². The molecular weight excluding hydrogens is 455 g/mol. The van der Waals surface area contributed by atoms with E-state index in [2.05, 4.69) is 60.0 Å². The molecule has 0 bridgehead atoms. The van der Waals surface area contributed by atoms with Crippen molar-refractivity contribution in [3.63, 3.8) is 0 Å². The lowest BCUT2D eigenvalue weighted by Crippen LogP contribution is -2.43. The van der Waals surface area contributed by atoms with Gasteiger partial charge in [0.2, 0.25) is 0 Å². The van der Waals surface area contributed by atoms with E-state index in [1.807, 2.05) is 0 Å². The minimum atomic E-state index is 0. The second kappa shape index (κ2) is 11.8. The smallest absolute Gasteiger partial charge is 0.191 e. The lowest BCUT2D eigenvalue weighted by atomic mass is 9.78. The van der Waals surface area contributed by atoms with Crippen molar-refractivity contribution in [1.82, 2.24) is 25.4 Å². The number of aromatic nitrogens is 3. The Labute approximate surface area is 181 Å². The fourth-order valence-corrected chi connectivity index (χ4v) is 3.57. The van der Waals surface area contributed by atoms with Gasteiger partial charge in [-0.25, -0.2) is 0 Å². The molecule has 2 N–H and O–H groups in total. The predicted molar refractivity (Wildman–Crippen MR) is 121 cm³/mol. The second-order valence-electron chi connectivity index (χ2n) is 8.00. The Kier molecular flexibility index (Phi) is 10.6. The van der Waals surface area contributed by atoms with Gasteiger partial charge in [-0.05, 0) is 25.2 Å². The molecule has 0 saturated carbocycles. The summed E-state index contributed by atoms with van der Waals surface area (Å²) in [5.41, 5.74) is 0.150. The quantitative estimate of drug-likeness (QED) is 0.348. The maximum atomic E-state index is 6.08. The van der Waals surface area contributed by atoms with Crippen LogP contribution in [0.25, 0.3) is 0 Å². The van der Waals surface area contributed by atoms with Crippen molar-refractivity contribution in [1.29, 1.82) is 0 Å². The molecule has 2 heterocycles. The van der Waals surface area contributed by atoms with E-state index < -0.39 is 0 Å². The zero-order valence-corrected chi connectivity index (χ0v) is 19.8. The standard InChI is InChI=1S/C19H36N6O.HI/c1-6-16-24-23-14-25(16)11-10-21-18(20-7-2)22-13-15-9-8-12-26-17(15)19(3,4)5;/h14-15,17H,6-13H2,1-5H3,(H2,20,21,22);1H. The number of guanidine groups is 1. The number of nitrogens with zero attached hydrogens (tertiary/aromatic N) is 4. The van der Waals surface area contributed by atoms with Gasteiger partial charge in [0.25, 0.3) is 0 Å². The Hall–Kier alpha value is -0.900. The van der Waals surface area contributed by atoms with Gasteiger partial charge in [0.05, 0.1) is 6.10 Å². The SMILES string of the molecule is CCNC(=NCC1CCCOC1C(C)(C)C)NCCn1cnnc1CC.I. The number of halogens is 1. The highest BCUT2D eigenvalue weighted by atomic mass is 127. The number of hydrogen-bond acceptors (Lipinski definition) is 4. The highest BCUT2D eigenvalue weighted by molar-refractivity contribution is 14.0. The summed E-state index contributed by atoms with van der Waals surface area (Å²) in [6.45, 7) is 15.1.